The lowest BCUT2D eigenvalue weighted by atomic mass is 10.1. The van der Waals surface area contributed by atoms with Gasteiger partial charge in [0, 0.05) is 17.8 Å². The van der Waals surface area contributed by atoms with E-state index in [4.69, 9.17) is 0 Å². The summed E-state index contributed by atoms with van der Waals surface area (Å²) in [6, 6.07) is 14.5. The van der Waals surface area contributed by atoms with E-state index in [9.17, 15) is 22.8 Å². The molecule has 4 rings (SSSR count). The maximum Gasteiger partial charge on any atom is 0.482 e. The number of para-hydroxylation sites is 1. The van der Waals surface area contributed by atoms with Gasteiger partial charge in [-0.25, -0.2) is 5.43 Å². The minimum atomic E-state index is -4.56. The molecule has 11 heteroatoms. The summed E-state index contributed by atoms with van der Waals surface area (Å²) in [5, 5.41) is 11.5. The van der Waals surface area contributed by atoms with Crippen LogP contribution in [0.2, 0.25) is 0 Å². The van der Waals surface area contributed by atoms with Crippen molar-refractivity contribution in [2.45, 2.75) is 18.5 Å². The largest absolute Gasteiger partial charge is 0.482 e. The van der Waals surface area contributed by atoms with Gasteiger partial charge in [-0.1, -0.05) is 30.3 Å². The number of piperazine rings is 1. The van der Waals surface area contributed by atoms with E-state index in [1.165, 1.54) is 23.5 Å². The Morgan fingerprint density at radius 2 is 1.88 bits per heavy atom. The summed E-state index contributed by atoms with van der Waals surface area (Å²) in [5.74, 6) is -0.502. The molecule has 5 N–H and O–H groups in total. The lowest BCUT2D eigenvalue weighted by Gasteiger charge is -2.27. The molecule has 2 aliphatic heterocycles. The normalized spacial score (nSPS) is 21.0. The highest BCUT2D eigenvalue weighted by Gasteiger charge is 2.31. The zero-order valence-corrected chi connectivity index (χ0v) is 16.7. The molecule has 2 amide bonds. The highest BCUT2D eigenvalue weighted by Crippen LogP contribution is 2.31. The van der Waals surface area contributed by atoms with Crippen molar-refractivity contribution in [3.63, 3.8) is 0 Å². The summed E-state index contributed by atoms with van der Waals surface area (Å²) in [5.41, 5.74) is 4.90. The number of carbonyl (C=O) groups is 2. The SMILES string of the molecule is O=C1CNC(C(=O)NC2C=C(c3cccc(NC(F)(F)F)c3)N(c3ccccc3)N2)CN1. The summed E-state index contributed by atoms with van der Waals surface area (Å²) in [4.78, 5) is 23.9. The van der Waals surface area contributed by atoms with Crippen LogP contribution in [0.15, 0.2) is 60.7 Å². The van der Waals surface area contributed by atoms with Crippen LogP contribution in [0, 0.1) is 0 Å². The summed E-state index contributed by atoms with van der Waals surface area (Å²) >= 11 is 0. The molecule has 2 atom stereocenters. The highest BCUT2D eigenvalue weighted by molar-refractivity contribution is 5.88. The van der Waals surface area contributed by atoms with Gasteiger partial charge in [-0.15, -0.1) is 0 Å². The number of hydrazine groups is 1. The van der Waals surface area contributed by atoms with E-state index in [1.54, 1.807) is 17.2 Å². The third kappa shape index (κ3) is 5.18. The predicted molar refractivity (Wildman–Crippen MR) is 113 cm³/mol. The molecule has 2 aromatic rings. The minimum Gasteiger partial charge on any atom is -0.353 e. The number of benzene rings is 2. The Hall–Kier alpha value is -3.57. The van der Waals surface area contributed by atoms with Crippen LogP contribution in [0.25, 0.3) is 5.70 Å². The first kappa shape index (κ1) is 21.7. The van der Waals surface area contributed by atoms with Gasteiger partial charge in [-0.3, -0.25) is 25.2 Å². The lowest BCUT2D eigenvalue weighted by Crippen LogP contribution is -2.60. The average molecular weight is 446 g/mol. The Morgan fingerprint density at radius 3 is 2.56 bits per heavy atom. The molecule has 0 aromatic heterocycles. The number of nitrogens with one attached hydrogen (secondary N) is 5. The van der Waals surface area contributed by atoms with E-state index in [0.717, 1.165) is 5.69 Å². The van der Waals surface area contributed by atoms with E-state index in [1.807, 2.05) is 30.3 Å². The monoisotopic (exact) mass is 446 g/mol. The maximum absolute atomic E-state index is 12.8. The second kappa shape index (κ2) is 8.89. The fourth-order valence-electron chi connectivity index (χ4n) is 3.49. The van der Waals surface area contributed by atoms with Gasteiger partial charge in [0.25, 0.3) is 0 Å². The summed E-state index contributed by atoms with van der Waals surface area (Å²) in [7, 11) is 0. The Balaban J connectivity index is 1.57. The van der Waals surface area contributed by atoms with E-state index in [0.29, 0.717) is 11.3 Å². The van der Waals surface area contributed by atoms with Gasteiger partial charge in [-0.05, 0) is 30.3 Å². The van der Waals surface area contributed by atoms with Gasteiger partial charge in [0.15, 0.2) is 0 Å². The molecule has 2 heterocycles. The molecule has 1 saturated heterocycles. The number of hydrogen-bond donors (Lipinski definition) is 5. The fraction of sp³-hybridized carbons (Fsp3) is 0.238. The van der Waals surface area contributed by atoms with Gasteiger partial charge in [0.1, 0.15) is 12.2 Å². The number of carbonyl (C=O) groups excluding carboxylic acids is 2. The van der Waals surface area contributed by atoms with Crippen molar-refractivity contribution in [1.82, 2.24) is 21.4 Å². The van der Waals surface area contributed by atoms with Gasteiger partial charge in [0.05, 0.1) is 17.9 Å². The number of alkyl halides is 3. The molecule has 0 radical (unpaired) electrons. The Bertz CT molecular complexity index is 1020. The molecule has 0 spiro atoms. The second-order valence-electron chi connectivity index (χ2n) is 7.28. The van der Waals surface area contributed by atoms with Gasteiger partial charge >= 0.3 is 6.30 Å². The fourth-order valence-corrected chi connectivity index (χ4v) is 3.49. The molecule has 0 saturated carbocycles. The number of nitrogens with zero attached hydrogens (tertiary/aromatic N) is 1. The van der Waals surface area contributed by atoms with Gasteiger partial charge < -0.3 is 10.6 Å². The van der Waals surface area contributed by atoms with Crippen LogP contribution in [-0.2, 0) is 9.59 Å². The van der Waals surface area contributed by atoms with Crippen LogP contribution < -0.4 is 31.7 Å². The first-order valence-electron chi connectivity index (χ1n) is 9.87. The molecule has 2 unspecified atom stereocenters. The van der Waals surface area contributed by atoms with Crippen LogP contribution in [0.3, 0.4) is 0 Å². The quantitative estimate of drug-likeness (QED) is 0.447. The lowest BCUT2D eigenvalue weighted by molar-refractivity contribution is -0.127. The van der Waals surface area contributed by atoms with Crippen LogP contribution in [0.5, 0.6) is 0 Å². The standard InChI is InChI=1S/C21H21F3N6O2/c22-21(23,24)28-14-6-4-5-13(9-14)17-10-18(29-30(17)15-7-2-1-3-8-15)27-20(32)16-11-26-19(31)12-25-16/h1-10,16,18,25,28-29H,11-12H2,(H,26,31)(H,27,32). The molecule has 0 aliphatic carbocycles. The van der Waals surface area contributed by atoms with Crippen molar-refractivity contribution in [2.24, 2.45) is 0 Å². The molecule has 1 fully saturated rings. The molecule has 168 valence electrons. The maximum atomic E-state index is 12.8. The molecule has 2 aliphatic rings. The predicted octanol–water partition coefficient (Wildman–Crippen LogP) is 1.51. The average Bonchev–Trinajstić information content (AvgIpc) is 3.17. The van der Waals surface area contributed by atoms with Crippen molar-refractivity contribution < 1.29 is 22.8 Å². The molecular formula is C21H21F3N6O2. The third-order valence-corrected chi connectivity index (χ3v) is 4.92. The number of anilines is 2. The number of rotatable bonds is 5. The van der Waals surface area contributed by atoms with Crippen molar-refractivity contribution in [3.8, 4) is 0 Å². The number of hydrogen-bond acceptors (Lipinski definition) is 6. The van der Waals surface area contributed by atoms with Crippen molar-refractivity contribution >= 4 is 28.9 Å². The van der Waals surface area contributed by atoms with Crippen molar-refractivity contribution in [1.29, 1.82) is 0 Å². The van der Waals surface area contributed by atoms with Crippen LogP contribution >= 0.6 is 0 Å². The summed E-state index contributed by atoms with van der Waals surface area (Å²) in [6.07, 6.45) is -3.45. The highest BCUT2D eigenvalue weighted by atomic mass is 19.4. The van der Waals surface area contributed by atoms with Crippen LogP contribution in [-0.4, -0.2) is 43.4 Å². The Labute approximate surface area is 181 Å². The minimum absolute atomic E-state index is 0.0480. The van der Waals surface area contributed by atoms with E-state index in [2.05, 4.69) is 21.4 Å². The number of halogens is 3. The molecule has 2 aromatic carbocycles. The molecule has 0 bridgehead atoms. The smallest absolute Gasteiger partial charge is 0.353 e. The molecule has 8 nitrogen and oxygen atoms in total. The first-order valence-corrected chi connectivity index (χ1v) is 9.87. The van der Waals surface area contributed by atoms with E-state index < -0.39 is 18.5 Å². The molecular weight excluding hydrogens is 425 g/mol. The first-order chi connectivity index (χ1) is 15.3. The van der Waals surface area contributed by atoms with Gasteiger partial charge in [-0.2, -0.15) is 13.2 Å². The van der Waals surface area contributed by atoms with E-state index >= 15 is 0 Å². The van der Waals surface area contributed by atoms with Gasteiger partial charge in [0.2, 0.25) is 11.8 Å². The summed E-state index contributed by atoms with van der Waals surface area (Å²) in [6.45, 7) is 0.216. The second-order valence-corrected chi connectivity index (χ2v) is 7.28. The number of amides is 2. The van der Waals surface area contributed by atoms with E-state index in [-0.39, 0.29) is 30.6 Å². The van der Waals surface area contributed by atoms with Crippen LogP contribution in [0.1, 0.15) is 5.56 Å². The third-order valence-electron chi connectivity index (χ3n) is 4.92. The zero-order chi connectivity index (χ0) is 22.7. The summed E-state index contributed by atoms with van der Waals surface area (Å²) < 4.78 is 38.3. The molecule has 32 heavy (non-hydrogen) atoms. The Morgan fingerprint density at radius 1 is 1.09 bits per heavy atom. The van der Waals surface area contributed by atoms with Crippen LogP contribution in [0.4, 0.5) is 24.5 Å². The van der Waals surface area contributed by atoms with Crippen molar-refractivity contribution in [2.75, 3.05) is 23.4 Å². The topological polar surface area (TPSA) is 97.5 Å². The zero-order valence-electron chi connectivity index (χ0n) is 16.7. The van der Waals surface area contributed by atoms with Crippen molar-refractivity contribution in [3.05, 3.63) is 66.2 Å². The Kier molecular flexibility index (Phi) is 6.01.